The van der Waals surface area contributed by atoms with Gasteiger partial charge in [0.05, 0.1) is 35.2 Å². The van der Waals surface area contributed by atoms with Crippen LogP contribution in [0.25, 0.3) is 0 Å². The average Bonchev–Trinajstić information content (AvgIpc) is 3.01. The summed E-state index contributed by atoms with van der Waals surface area (Å²) in [6.07, 6.45) is 0.569. The number of ether oxygens (including phenoxy) is 1. The highest BCUT2D eigenvalue weighted by Crippen LogP contribution is 2.23. The second-order valence-electron chi connectivity index (χ2n) is 6.98. The van der Waals surface area contributed by atoms with Gasteiger partial charge in [-0.3, -0.25) is 9.59 Å². The molecule has 10 heteroatoms. The highest BCUT2D eigenvalue weighted by Gasteiger charge is 2.39. The van der Waals surface area contributed by atoms with Crippen LogP contribution in [-0.2, 0) is 30.8 Å². The van der Waals surface area contributed by atoms with Crippen LogP contribution in [-0.4, -0.2) is 45.4 Å². The molecule has 0 radical (unpaired) electrons. The first-order valence-electron chi connectivity index (χ1n) is 9.70. The molecule has 1 atom stereocenters. The number of primary sulfonamides is 1. The summed E-state index contributed by atoms with van der Waals surface area (Å²) in [5, 5.41) is 8.15. The lowest BCUT2D eigenvalue weighted by Gasteiger charge is -2.16. The molecule has 0 unspecified atom stereocenters. The van der Waals surface area contributed by atoms with E-state index in [0.717, 1.165) is 10.5 Å². The molecule has 164 valence electrons. The maximum atomic E-state index is 12.7. The van der Waals surface area contributed by atoms with Gasteiger partial charge in [0.15, 0.2) is 0 Å². The van der Waals surface area contributed by atoms with Crippen molar-refractivity contribution in [2.45, 2.75) is 30.7 Å². The largest absolute Gasteiger partial charge is 0.462 e. The van der Waals surface area contributed by atoms with Crippen LogP contribution in [0.15, 0.2) is 53.4 Å². The van der Waals surface area contributed by atoms with Gasteiger partial charge in [-0.15, -0.1) is 0 Å². The molecule has 1 saturated heterocycles. The van der Waals surface area contributed by atoms with Gasteiger partial charge in [0, 0.05) is 0 Å². The van der Waals surface area contributed by atoms with Crippen molar-refractivity contribution in [3.8, 4) is 0 Å². The Bertz CT molecular complexity index is 1080. The van der Waals surface area contributed by atoms with Crippen LogP contribution in [0.2, 0.25) is 0 Å². The molecule has 0 bridgehead atoms. The van der Waals surface area contributed by atoms with Crippen molar-refractivity contribution in [2.24, 2.45) is 5.14 Å². The molecule has 2 aromatic carbocycles. The number of nitrogens with one attached hydrogen (secondary N) is 1. The molecule has 0 aliphatic carbocycles. The predicted octanol–water partition coefficient (Wildman–Crippen LogP) is 0.975. The van der Waals surface area contributed by atoms with Crippen molar-refractivity contribution in [2.75, 3.05) is 18.1 Å². The number of carbonyl (C=O) groups excluding carboxylic acids is 3. The molecule has 0 spiro atoms. The van der Waals surface area contributed by atoms with Crippen molar-refractivity contribution in [3.05, 3.63) is 59.7 Å². The number of carbonyl (C=O) groups is 3. The quantitative estimate of drug-likeness (QED) is 0.456. The molecule has 3 rings (SSSR count). The van der Waals surface area contributed by atoms with Gasteiger partial charge in [-0.05, 0) is 61.9 Å². The normalized spacial score (nSPS) is 16.6. The molecular formula is C21H23N3O6S. The molecule has 0 saturated carbocycles. The fourth-order valence-electron chi connectivity index (χ4n) is 3.26. The van der Waals surface area contributed by atoms with E-state index < -0.39 is 22.0 Å². The number of imide groups is 1. The Labute approximate surface area is 180 Å². The standard InChI is InChI=1S/C21H23N3O6S/c1-2-30-21(27)15-5-7-16(8-6-15)24-19(25)13-18(20(24)26)23-12-11-14-3-9-17(10-4-14)31(22,28)29/h3-10,18,23H,2,11-13H2,1H3,(H2,22,28,29)/t18-/m1/s1. The molecule has 0 aromatic heterocycles. The summed E-state index contributed by atoms with van der Waals surface area (Å²) >= 11 is 0. The number of amides is 2. The zero-order chi connectivity index (χ0) is 22.6. The van der Waals surface area contributed by atoms with Crippen molar-refractivity contribution >= 4 is 33.5 Å². The summed E-state index contributed by atoms with van der Waals surface area (Å²) in [7, 11) is -3.74. The Morgan fingerprint density at radius 2 is 1.77 bits per heavy atom. The number of rotatable bonds is 8. The van der Waals surface area contributed by atoms with Crippen molar-refractivity contribution in [1.29, 1.82) is 0 Å². The van der Waals surface area contributed by atoms with Crippen LogP contribution in [0.1, 0.15) is 29.3 Å². The van der Waals surface area contributed by atoms with E-state index in [4.69, 9.17) is 9.88 Å². The summed E-state index contributed by atoms with van der Waals surface area (Å²) in [6.45, 7) is 2.39. The van der Waals surface area contributed by atoms with Gasteiger partial charge in [0.25, 0.3) is 5.91 Å². The molecule has 2 amide bonds. The summed E-state index contributed by atoms with van der Waals surface area (Å²) in [5.74, 6) is -1.16. The molecular weight excluding hydrogens is 422 g/mol. The smallest absolute Gasteiger partial charge is 0.338 e. The zero-order valence-electron chi connectivity index (χ0n) is 16.9. The summed E-state index contributed by atoms with van der Waals surface area (Å²) in [5.41, 5.74) is 1.60. The maximum Gasteiger partial charge on any atom is 0.338 e. The predicted molar refractivity (Wildman–Crippen MR) is 113 cm³/mol. The highest BCUT2D eigenvalue weighted by atomic mass is 32.2. The van der Waals surface area contributed by atoms with E-state index in [-0.39, 0.29) is 29.7 Å². The molecule has 1 aliphatic heterocycles. The van der Waals surface area contributed by atoms with Crippen LogP contribution in [0, 0.1) is 0 Å². The van der Waals surface area contributed by atoms with Gasteiger partial charge in [-0.25, -0.2) is 23.3 Å². The van der Waals surface area contributed by atoms with Crippen LogP contribution in [0.5, 0.6) is 0 Å². The Hall–Kier alpha value is -3.08. The number of nitrogens with two attached hydrogens (primary N) is 1. The van der Waals surface area contributed by atoms with Crippen LogP contribution in [0.3, 0.4) is 0 Å². The number of anilines is 1. The molecule has 3 N–H and O–H groups in total. The second-order valence-corrected chi connectivity index (χ2v) is 8.55. The van der Waals surface area contributed by atoms with Crippen molar-refractivity contribution < 1.29 is 27.5 Å². The monoisotopic (exact) mass is 445 g/mol. The van der Waals surface area contributed by atoms with Crippen LogP contribution in [0.4, 0.5) is 5.69 Å². The van der Waals surface area contributed by atoms with E-state index in [0.29, 0.717) is 24.2 Å². The van der Waals surface area contributed by atoms with Gasteiger partial charge in [0.2, 0.25) is 15.9 Å². The topological polar surface area (TPSA) is 136 Å². The van der Waals surface area contributed by atoms with Crippen molar-refractivity contribution in [1.82, 2.24) is 5.32 Å². The third-order valence-electron chi connectivity index (χ3n) is 4.84. The summed E-state index contributed by atoms with van der Waals surface area (Å²) in [4.78, 5) is 38.0. The Morgan fingerprint density at radius 1 is 1.13 bits per heavy atom. The fraction of sp³-hybridized carbons (Fsp3) is 0.286. The van der Waals surface area contributed by atoms with Gasteiger partial charge in [0.1, 0.15) is 0 Å². The molecule has 31 heavy (non-hydrogen) atoms. The third-order valence-corrected chi connectivity index (χ3v) is 5.77. The molecule has 2 aromatic rings. The second kappa shape index (κ2) is 9.38. The van der Waals surface area contributed by atoms with E-state index in [1.807, 2.05) is 0 Å². The number of hydrogen-bond donors (Lipinski definition) is 2. The molecule has 1 fully saturated rings. The van der Waals surface area contributed by atoms with Crippen molar-refractivity contribution in [3.63, 3.8) is 0 Å². The number of sulfonamides is 1. The van der Waals surface area contributed by atoms with Gasteiger partial charge >= 0.3 is 5.97 Å². The maximum absolute atomic E-state index is 12.7. The first-order valence-corrected chi connectivity index (χ1v) is 11.2. The van der Waals surface area contributed by atoms with E-state index in [9.17, 15) is 22.8 Å². The van der Waals surface area contributed by atoms with E-state index >= 15 is 0 Å². The molecule has 9 nitrogen and oxygen atoms in total. The fourth-order valence-corrected chi connectivity index (χ4v) is 3.78. The summed E-state index contributed by atoms with van der Waals surface area (Å²) < 4.78 is 27.5. The first kappa shape index (κ1) is 22.6. The zero-order valence-corrected chi connectivity index (χ0v) is 17.7. The molecule has 1 aliphatic rings. The lowest BCUT2D eigenvalue weighted by molar-refractivity contribution is -0.121. The minimum absolute atomic E-state index is 0.0306. The number of benzene rings is 2. The number of esters is 1. The third kappa shape index (κ3) is 5.35. The number of hydrogen-bond acceptors (Lipinski definition) is 7. The lowest BCUT2D eigenvalue weighted by atomic mass is 10.1. The van der Waals surface area contributed by atoms with E-state index in [1.165, 1.54) is 36.4 Å². The Kier molecular flexibility index (Phi) is 6.84. The van der Waals surface area contributed by atoms with E-state index in [2.05, 4.69) is 5.32 Å². The Morgan fingerprint density at radius 3 is 2.35 bits per heavy atom. The van der Waals surface area contributed by atoms with Gasteiger partial charge in [-0.1, -0.05) is 12.1 Å². The minimum Gasteiger partial charge on any atom is -0.462 e. The molecule has 1 heterocycles. The van der Waals surface area contributed by atoms with Crippen LogP contribution < -0.4 is 15.4 Å². The van der Waals surface area contributed by atoms with Gasteiger partial charge in [-0.2, -0.15) is 0 Å². The minimum atomic E-state index is -3.74. The summed E-state index contributed by atoms with van der Waals surface area (Å²) in [6, 6.07) is 11.6. The van der Waals surface area contributed by atoms with E-state index in [1.54, 1.807) is 19.1 Å². The highest BCUT2D eigenvalue weighted by molar-refractivity contribution is 7.89. The van der Waals surface area contributed by atoms with Crippen LogP contribution >= 0.6 is 0 Å². The van der Waals surface area contributed by atoms with Gasteiger partial charge < -0.3 is 10.1 Å². The number of nitrogens with zero attached hydrogens (tertiary/aromatic N) is 1. The Balaban J connectivity index is 1.58. The lowest BCUT2D eigenvalue weighted by Crippen LogP contribution is -2.39. The average molecular weight is 445 g/mol. The SMILES string of the molecule is CCOC(=O)c1ccc(N2C(=O)C[C@@H](NCCc3ccc(S(N)(=O)=O)cc3)C2=O)cc1. The first-order chi connectivity index (χ1) is 14.7.